The molecule has 0 fully saturated rings. The van der Waals surface area contributed by atoms with Gasteiger partial charge in [-0.25, -0.2) is 0 Å². The van der Waals surface area contributed by atoms with Gasteiger partial charge in [-0.3, -0.25) is 0 Å². The average Bonchev–Trinajstić information content (AvgIpc) is 0. The van der Waals surface area contributed by atoms with Crippen molar-refractivity contribution in [1.82, 2.24) is 0 Å². The summed E-state index contributed by atoms with van der Waals surface area (Å²) >= 11 is 0. The third-order valence-electron chi connectivity index (χ3n) is 0. The molecule has 16 valence electrons. The van der Waals surface area contributed by atoms with E-state index < -0.39 is 0 Å². The molecule has 0 unspecified atom stereocenters. The van der Waals surface area contributed by atoms with Crippen LogP contribution in [0.1, 0.15) is 1.43 Å². The Kier molecular flexibility index (Phi) is 110. The van der Waals surface area contributed by atoms with Crippen LogP contribution in [0.25, 0.3) is 0 Å². The predicted molar refractivity (Wildman–Crippen MR) is 11.1 cm³/mol. The van der Waals surface area contributed by atoms with Crippen LogP contribution in [0.5, 0.6) is 0 Å². The molecule has 2 radical (unpaired) electrons. The topological polar surface area (TPSA) is 0 Å². The third kappa shape index (κ3) is 8.96. The Labute approximate surface area is 103 Å². The number of hydrogen-bond acceptors (Lipinski definition) is 0. The molecule has 0 aliphatic carbocycles. The van der Waals surface area contributed by atoms with E-state index in [1.54, 1.807) is 0 Å². The molecule has 0 N–H and O–H groups in total. The Morgan fingerprint density at radius 3 is 1.25 bits per heavy atom. The predicted octanol–water partition coefficient (Wildman–Crippen LogP) is -4.07. The Morgan fingerprint density at radius 2 is 1.25 bits per heavy atom. The SMILES string of the molecule is [H-].[K+].[Nb].[SiH3].[Zn]. The Balaban J connectivity index is 0. The van der Waals surface area contributed by atoms with Crippen molar-refractivity contribution in [2.45, 2.75) is 0 Å². The van der Waals surface area contributed by atoms with Crippen molar-refractivity contribution in [1.29, 1.82) is 0 Å². The molecule has 0 amide bonds. The van der Waals surface area contributed by atoms with Gasteiger partial charge < -0.3 is 1.43 Å². The molecule has 0 aromatic rings. The molecule has 0 atom stereocenters. The molecule has 0 aromatic heterocycles. The molecule has 0 aromatic carbocycles. The molecular weight excluding hydrogens is 225 g/mol. The van der Waals surface area contributed by atoms with Gasteiger partial charge in [-0.1, -0.05) is 0 Å². The number of rotatable bonds is 0. The molecule has 4 heavy (non-hydrogen) atoms. The average molecular weight is 230 g/mol. The van der Waals surface area contributed by atoms with Gasteiger partial charge in [0.1, 0.15) is 0 Å². The van der Waals surface area contributed by atoms with E-state index in [9.17, 15) is 0 Å². The van der Waals surface area contributed by atoms with E-state index in [0.29, 0.717) is 0 Å². The summed E-state index contributed by atoms with van der Waals surface area (Å²) in [5.74, 6) is 0. The quantitative estimate of drug-likeness (QED) is 0.371. The standard InChI is InChI=1S/K.Nb.H3Si.Zn.H/h;;1H3;;/q+1;;;;-1. The van der Waals surface area contributed by atoms with E-state index in [0.717, 1.165) is 0 Å². The van der Waals surface area contributed by atoms with E-state index in [4.69, 9.17) is 0 Å². The van der Waals surface area contributed by atoms with Crippen LogP contribution in [0.4, 0.5) is 0 Å². The van der Waals surface area contributed by atoms with Gasteiger partial charge >= 0.3 is 51.4 Å². The molecule has 0 aliphatic rings. The molecule has 0 spiro atoms. The zero-order valence-corrected chi connectivity index (χ0v) is 13.4. The second kappa shape index (κ2) is 16.4. The van der Waals surface area contributed by atoms with Gasteiger partial charge in [-0.2, -0.15) is 0 Å². The van der Waals surface area contributed by atoms with Crippen molar-refractivity contribution in [2.75, 3.05) is 0 Å². The fourth-order valence-corrected chi connectivity index (χ4v) is 0. The Hall–Kier alpha value is 3.22. The van der Waals surface area contributed by atoms with E-state index in [-0.39, 0.29) is 106 Å². The molecule has 0 heterocycles. The summed E-state index contributed by atoms with van der Waals surface area (Å²) in [6.07, 6.45) is 0. The molecule has 0 nitrogen and oxygen atoms in total. The second-order valence-corrected chi connectivity index (χ2v) is 0. The summed E-state index contributed by atoms with van der Waals surface area (Å²) < 4.78 is 0. The summed E-state index contributed by atoms with van der Waals surface area (Å²) in [7, 11) is 0. The Bertz CT molecular complexity index is 11.6. The van der Waals surface area contributed by atoms with Crippen LogP contribution in [-0.2, 0) is 41.9 Å². The molecule has 0 rings (SSSR count). The molecular formula is H4KNbSiZn. The first-order chi connectivity index (χ1) is 0. The van der Waals surface area contributed by atoms with Crippen molar-refractivity contribution < 1.29 is 94.7 Å². The zero-order valence-electron chi connectivity index (χ0n) is 4.15. The van der Waals surface area contributed by atoms with Crippen LogP contribution in [-0.4, -0.2) is 11.0 Å². The first-order valence-corrected chi connectivity index (χ1v) is 0. The van der Waals surface area contributed by atoms with Crippen LogP contribution in [0.3, 0.4) is 0 Å². The first kappa shape index (κ1) is 27.0. The van der Waals surface area contributed by atoms with E-state index in [1.807, 2.05) is 0 Å². The van der Waals surface area contributed by atoms with Crippen molar-refractivity contribution in [3.05, 3.63) is 0 Å². The van der Waals surface area contributed by atoms with Gasteiger partial charge in [0, 0.05) is 41.9 Å². The second-order valence-electron chi connectivity index (χ2n) is 0. The fraction of sp³-hybridized carbons (Fsp3) is 0. The first-order valence-electron chi connectivity index (χ1n) is 0. The molecule has 4 heteroatoms. The van der Waals surface area contributed by atoms with Crippen molar-refractivity contribution >= 4 is 11.0 Å². The summed E-state index contributed by atoms with van der Waals surface area (Å²) in [6, 6.07) is 0. The largest absolute Gasteiger partial charge is 1.00 e. The van der Waals surface area contributed by atoms with Crippen molar-refractivity contribution in [3.8, 4) is 0 Å². The zero-order chi connectivity index (χ0) is 0. The van der Waals surface area contributed by atoms with Gasteiger partial charge in [0.15, 0.2) is 0 Å². The maximum absolute atomic E-state index is 0. The smallest absolute Gasteiger partial charge is 1.00 e. The van der Waals surface area contributed by atoms with Crippen molar-refractivity contribution in [2.24, 2.45) is 0 Å². The van der Waals surface area contributed by atoms with Crippen LogP contribution in [0.2, 0.25) is 0 Å². The summed E-state index contributed by atoms with van der Waals surface area (Å²) in [4.78, 5) is 0. The van der Waals surface area contributed by atoms with E-state index in [2.05, 4.69) is 0 Å². The molecule has 0 bridgehead atoms. The molecule has 0 saturated heterocycles. The molecule has 0 aliphatic heterocycles. The van der Waals surface area contributed by atoms with Crippen LogP contribution in [0, 0.1) is 0 Å². The summed E-state index contributed by atoms with van der Waals surface area (Å²) in [6.45, 7) is 0. The minimum Gasteiger partial charge on any atom is -1.00 e. The van der Waals surface area contributed by atoms with E-state index in [1.165, 1.54) is 0 Å². The molecule has 0 saturated carbocycles. The normalized spacial score (nSPS) is 0. The summed E-state index contributed by atoms with van der Waals surface area (Å²) in [5.41, 5.74) is 0. The maximum atomic E-state index is 0. The minimum atomic E-state index is 0. The van der Waals surface area contributed by atoms with Crippen LogP contribution >= 0.6 is 0 Å². The monoisotopic (exact) mass is 228 g/mol. The van der Waals surface area contributed by atoms with Gasteiger partial charge in [-0.05, 0) is 11.0 Å². The van der Waals surface area contributed by atoms with Gasteiger partial charge in [-0.15, -0.1) is 0 Å². The maximum Gasteiger partial charge on any atom is 1.00 e. The third-order valence-corrected chi connectivity index (χ3v) is 0. The van der Waals surface area contributed by atoms with Gasteiger partial charge in [0.25, 0.3) is 0 Å². The van der Waals surface area contributed by atoms with Gasteiger partial charge in [0.2, 0.25) is 0 Å². The van der Waals surface area contributed by atoms with Crippen LogP contribution in [0.15, 0.2) is 0 Å². The minimum absolute atomic E-state index is 0. The van der Waals surface area contributed by atoms with Gasteiger partial charge in [0.05, 0.1) is 0 Å². The van der Waals surface area contributed by atoms with Crippen molar-refractivity contribution in [3.63, 3.8) is 0 Å². The van der Waals surface area contributed by atoms with Crippen LogP contribution < -0.4 is 51.4 Å². The van der Waals surface area contributed by atoms with E-state index >= 15 is 0 Å². The fourth-order valence-electron chi connectivity index (χ4n) is 0. The summed E-state index contributed by atoms with van der Waals surface area (Å²) in [5, 5.41) is 0. The Morgan fingerprint density at radius 1 is 1.25 bits per heavy atom. The number of hydrogen-bond donors (Lipinski definition) is 0.